The Hall–Kier alpha value is -2.15. The summed E-state index contributed by atoms with van der Waals surface area (Å²) in [5, 5.41) is 14.6. The Morgan fingerprint density at radius 1 is 1.43 bits per heavy atom. The number of benzene rings is 1. The molecule has 0 spiro atoms. The summed E-state index contributed by atoms with van der Waals surface area (Å²) in [6, 6.07) is 5.60. The normalized spacial score (nSPS) is 11.3. The first kappa shape index (κ1) is 17.2. The van der Waals surface area contributed by atoms with Crippen LogP contribution in [0.5, 0.6) is 5.75 Å². The van der Waals surface area contributed by atoms with E-state index in [0.717, 1.165) is 15.8 Å². The van der Waals surface area contributed by atoms with E-state index in [1.54, 1.807) is 6.08 Å². The van der Waals surface area contributed by atoms with Crippen molar-refractivity contribution in [2.45, 2.75) is 20.8 Å². The summed E-state index contributed by atoms with van der Waals surface area (Å²) in [6.45, 7) is 6.34. The van der Waals surface area contributed by atoms with Crippen molar-refractivity contribution in [1.29, 1.82) is 0 Å². The first-order valence-electron chi connectivity index (χ1n) is 7.09. The molecule has 122 valence electrons. The quantitative estimate of drug-likeness (QED) is 0.528. The van der Waals surface area contributed by atoms with E-state index < -0.39 is 4.92 Å². The summed E-state index contributed by atoms with van der Waals surface area (Å²) in [6.07, 6.45) is 3.26. The molecule has 0 saturated carbocycles. The Morgan fingerprint density at radius 3 is 2.78 bits per heavy atom. The van der Waals surface area contributed by atoms with E-state index in [9.17, 15) is 10.1 Å². The van der Waals surface area contributed by atoms with Gasteiger partial charge in [-0.25, -0.2) is 0 Å². The van der Waals surface area contributed by atoms with Crippen LogP contribution >= 0.6 is 15.9 Å². The Morgan fingerprint density at radius 2 is 2.17 bits per heavy atom. The van der Waals surface area contributed by atoms with E-state index in [4.69, 9.17) is 9.26 Å². The molecule has 1 heterocycles. The maximum atomic E-state index is 11.0. The van der Waals surface area contributed by atoms with Gasteiger partial charge in [0.05, 0.1) is 16.0 Å². The van der Waals surface area contributed by atoms with E-state index in [1.807, 2.05) is 18.2 Å². The topological polar surface area (TPSA) is 78.4 Å². The van der Waals surface area contributed by atoms with Crippen LogP contribution in [0.15, 0.2) is 27.2 Å². The van der Waals surface area contributed by atoms with Crippen LogP contribution in [-0.2, 0) is 0 Å². The van der Waals surface area contributed by atoms with Gasteiger partial charge in [-0.2, -0.15) is 0 Å². The monoisotopic (exact) mass is 380 g/mol. The van der Waals surface area contributed by atoms with Gasteiger partial charge in [0.25, 0.3) is 0 Å². The van der Waals surface area contributed by atoms with Crippen molar-refractivity contribution < 1.29 is 14.2 Å². The van der Waals surface area contributed by atoms with Crippen LogP contribution in [0, 0.1) is 23.0 Å². The molecule has 2 aromatic rings. The summed E-state index contributed by atoms with van der Waals surface area (Å²) < 4.78 is 11.5. The van der Waals surface area contributed by atoms with Crippen molar-refractivity contribution in [1.82, 2.24) is 5.16 Å². The lowest BCUT2D eigenvalue weighted by atomic mass is 10.2. The second kappa shape index (κ2) is 7.41. The van der Waals surface area contributed by atoms with Gasteiger partial charge in [-0.15, -0.1) is 0 Å². The molecule has 0 aliphatic carbocycles. The predicted molar refractivity (Wildman–Crippen MR) is 91.3 cm³/mol. The highest BCUT2D eigenvalue weighted by atomic mass is 79.9. The zero-order chi connectivity index (χ0) is 17.0. The summed E-state index contributed by atoms with van der Waals surface area (Å²) in [5.74, 6) is 1.33. The molecule has 0 unspecified atom stereocenters. The third-order valence-electron chi connectivity index (χ3n) is 2.99. The molecule has 0 atom stereocenters. The van der Waals surface area contributed by atoms with Gasteiger partial charge >= 0.3 is 5.69 Å². The molecule has 2 rings (SSSR count). The molecule has 0 aliphatic heterocycles. The largest absolute Gasteiger partial charge is 0.492 e. The maximum absolute atomic E-state index is 11.0. The zero-order valence-corrected chi connectivity index (χ0v) is 14.7. The highest BCUT2D eigenvalue weighted by Crippen LogP contribution is 2.28. The van der Waals surface area contributed by atoms with Crippen molar-refractivity contribution in [2.75, 3.05) is 6.61 Å². The fraction of sp³-hybridized carbons (Fsp3) is 0.312. The van der Waals surface area contributed by atoms with Crippen molar-refractivity contribution >= 4 is 33.8 Å². The summed E-state index contributed by atoms with van der Waals surface area (Å²) in [5.41, 5.74) is 1.00. The van der Waals surface area contributed by atoms with Crippen molar-refractivity contribution in [3.05, 3.63) is 49.8 Å². The number of rotatable bonds is 6. The van der Waals surface area contributed by atoms with Gasteiger partial charge in [-0.3, -0.25) is 10.1 Å². The van der Waals surface area contributed by atoms with E-state index in [0.29, 0.717) is 12.5 Å². The van der Waals surface area contributed by atoms with Gasteiger partial charge in [-0.1, -0.05) is 31.1 Å². The molecule has 0 fully saturated rings. The van der Waals surface area contributed by atoms with Crippen LogP contribution in [0.1, 0.15) is 30.9 Å². The number of halogens is 1. The van der Waals surface area contributed by atoms with Gasteiger partial charge < -0.3 is 9.26 Å². The molecule has 7 heteroatoms. The predicted octanol–water partition coefficient (Wildman–Crippen LogP) is 4.86. The smallest absolute Gasteiger partial charge is 0.338 e. The Bertz CT molecular complexity index is 738. The molecule has 0 aliphatic rings. The molecule has 0 saturated heterocycles. The number of aryl methyl sites for hydroxylation is 1. The number of nitrogens with zero attached hydrogens (tertiary/aromatic N) is 2. The molecule has 0 amide bonds. The van der Waals surface area contributed by atoms with Crippen LogP contribution in [0.25, 0.3) is 12.2 Å². The highest BCUT2D eigenvalue weighted by molar-refractivity contribution is 9.10. The third kappa shape index (κ3) is 4.41. The Labute approximate surface area is 142 Å². The average Bonchev–Trinajstić information content (AvgIpc) is 2.85. The molecule has 6 nitrogen and oxygen atoms in total. The average molecular weight is 381 g/mol. The van der Waals surface area contributed by atoms with Gasteiger partial charge in [-0.05, 0) is 52.5 Å². The molecule has 23 heavy (non-hydrogen) atoms. The van der Waals surface area contributed by atoms with E-state index >= 15 is 0 Å². The second-order valence-electron chi connectivity index (χ2n) is 5.47. The number of aromatic nitrogens is 1. The standard InChI is InChI=1S/C16H17BrN2O4/c1-10(2)9-22-14-6-4-12(8-13(14)17)5-7-15-16(19(20)21)11(3)18-23-15/h4-8,10H,9H2,1-3H3/b7-5+. The SMILES string of the molecule is Cc1noc(/C=C/c2ccc(OCC(C)C)c(Br)c2)c1[N+](=O)[O-]. The van der Waals surface area contributed by atoms with Crippen LogP contribution in [0.3, 0.4) is 0 Å². The molecule has 0 bridgehead atoms. The van der Waals surface area contributed by atoms with Crippen LogP contribution in [0.4, 0.5) is 5.69 Å². The highest BCUT2D eigenvalue weighted by Gasteiger charge is 2.21. The number of hydrogen-bond acceptors (Lipinski definition) is 5. The van der Waals surface area contributed by atoms with Gasteiger partial charge in [0.1, 0.15) is 5.75 Å². The Kier molecular flexibility index (Phi) is 5.54. The summed E-state index contributed by atoms with van der Waals surface area (Å²) in [7, 11) is 0. The minimum absolute atomic E-state index is 0.114. The minimum Gasteiger partial charge on any atom is -0.492 e. The maximum Gasteiger partial charge on any atom is 0.338 e. The molecule has 0 N–H and O–H groups in total. The van der Waals surface area contributed by atoms with E-state index in [1.165, 1.54) is 13.0 Å². The number of nitro groups is 1. The lowest BCUT2D eigenvalue weighted by Gasteiger charge is -2.10. The van der Waals surface area contributed by atoms with Crippen molar-refractivity contribution in [3.63, 3.8) is 0 Å². The van der Waals surface area contributed by atoms with Gasteiger partial charge in [0, 0.05) is 0 Å². The van der Waals surface area contributed by atoms with Crippen LogP contribution in [-0.4, -0.2) is 16.7 Å². The molecular weight excluding hydrogens is 364 g/mol. The van der Waals surface area contributed by atoms with Crippen molar-refractivity contribution in [2.24, 2.45) is 5.92 Å². The molecule has 0 radical (unpaired) electrons. The third-order valence-corrected chi connectivity index (χ3v) is 3.61. The van der Waals surface area contributed by atoms with Gasteiger partial charge in [0.15, 0.2) is 5.69 Å². The lowest BCUT2D eigenvalue weighted by Crippen LogP contribution is -2.04. The summed E-state index contributed by atoms with van der Waals surface area (Å²) >= 11 is 3.46. The minimum atomic E-state index is -0.496. The fourth-order valence-electron chi connectivity index (χ4n) is 1.88. The second-order valence-corrected chi connectivity index (χ2v) is 6.32. The molecular formula is C16H17BrN2O4. The number of hydrogen-bond donors (Lipinski definition) is 0. The van der Waals surface area contributed by atoms with Gasteiger partial charge in [0.2, 0.25) is 5.76 Å². The molecule has 1 aromatic heterocycles. The Balaban J connectivity index is 2.18. The fourth-order valence-corrected chi connectivity index (χ4v) is 2.39. The van der Waals surface area contributed by atoms with Crippen LogP contribution < -0.4 is 4.74 Å². The molecule has 1 aromatic carbocycles. The van der Waals surface area contributed by atoms with Crippen LogP contribution in [0.2, 0.25) is 0 Å². The zero-order valence-electron chi connectivity index (χ0n) is 13.1. The van der Waals surface area contributed by atoms with Crippen molar-refractivity contribution in [3.8, 4) is 5.75 Å². The van der Waals surface area contributed by atoms with E-state index in [-0.39, 0.29) is 17.1 Å². The summed E-state index contributed by atoms with van der Waals surface area (Å²) in [4.78, 5) is 10.5. The number of ether oxygens (including phenoxy) is 1. The lowest BCUT2D eigenvalue weighted by molar-refractivity contribution is -0.386. The first-order valence-corrected chi connectivity index (χ1v) is 7.89. The van der Waals surface area contributed by atoms with E-state index in [2.05, 4.69) is 34.9 Å². The first-order chi connectivity index (χ1) is 10.9.